The van der Waals surface area contributed by atoms with Gasteiger partial charge in [0.15, 0.2) is 0 Å². The predicted molar refractivity (Wildman–Crippen MR) is 79.3 cm³/mol. The van der Waals surface area contributed by atoms with E-state index in [2.05, 4.69) is 9.97 Å². The Bertz CT molecular complexity index is 578. The number of aromatic nitrogens is 2. The van der Waals surface area contributed by atoms with Gasteiger partial charge in [-0.25, -0.2) is 4.98 Å². The molecule has 0 atom stereocenters. The maximum Gasteiger partial charge on any atom is 0.241 e. The molecule has 6 heteroatoms. The highest BCUT2D eigenvalue weighted by molar-refractivity contribution is 7.99. The summed E-state index contributed by atoms with van der Waals surface area (Å²) in [6.07, 6.45) is 2.37. The molecule has 0 unspecified atom stereocenters. The first kappa shape index (κ1) is 14.5. The van der Waals surface area contributed by atoms with Crippen LogP contribution in [0, 0.1) is 0 Å². The van der Waals surface area contributed by atoms with Crippen LogP contribution >= 0.6 is 11.8 Å². The molecule has 0 aliphatic carbocycles. The number of benzene rings is 1. The summed E-state index contributed by atoms with van der Waals surface area (Å²) in [5.74, 6) is 1.23. The molecule has 1 aromatic heterocycles. The lowest BCUT2D eigenvalue weighted by atomic mass is 10.3. The summed E-state index contributed by atoms with van der Waals surface area (Å²) in [7, 11) is 1.64. The molecule has 0 spiro atoms. The van der Waals surface area contributed by atoms with Crippen molar-refractivity contribution in [3.63, 3.8) is 0 Å². The van der Waals surface area contributed by atoms with Crippen LogP contribution in [-0.2, 0) is 0 Å². The van der Waals surface area contributed by atoms with Gasteiger partial charge in [-0.3, -0.25) is 0 Å². The van der Waals surface area contributed by atoms with Gasteiger partial charge < -0.3 is 15.2 Å². The quantitative estimate of drug-likeness (QED) is 0.825. The van der Waals surface area contributed by atoms with Crippen LogP contribution in [0.15, 0.2) is 40.5 Å². The van der Waals surface area contributed by atoms with Gasteiger partial charge in [-0.2, -0.15) is 4.98 Å². The number of nitrogens with two attached hydrogens (primary N) is 1. The second-order valence-electron chi connectivity index (χ2n) is 4.03. The highest BCUT2D eigenvalue weighted by Crippen LogP contribution is 2.35. The molecule has 0 amide bonds. The van der Waals surface area contributed by atoms with Crippen LogP contribution in [0.2, 0.25) is 0 Å². The van der Waals surface area contributed by atoms with Gasteiger partial charge in [-0.1, -0.05) is 24.8 Å². The molecular weight excluding hydrogens is 274 g/mol. The van der Waals surface area contributed by atoms with Gasteiger partial charge in [0.1, 0.15) is 22.8 Å². The number of ether oxygens (including phenoxy) is 2. The second-order valence-corrected chi connectivity index (χ2v) is 5.09. The Hall–Kier alpha value is -1.95. The van der Waals surface area contributed by atoms with Crippen LogP contribution in [0.4, 0.5) is 5.69 Å². The summed E-state index contributed by atoms with van der Waals surface area (Å²) < 4.78 is 10.7. The first-order chi connectivity index (χ1) is 9.74. The van der Waals surface area contributed by atoms with E-state index in [-0.39, 0.29) is 0 Å². The zero-order valence-corrected chi connectivity index (χ0v) is 12.3. The molecule has 1 aromatic carbocycles. The van der Waals surface area contributed by atoms with Crippen molar-refractivity contribution >= 4 is 17.4 Å². The van der Waals surface area contributed by atoms with Gasteiger partial charge in [0.25, 0.3) is 0 Å². The summed E-state index contributed by atoms with van der Waals surface area (Å²) in [4.78, 5) is 9.26. The summed E-state index contributed by atoms with van der Waals surface area (Å²) in [5.41, 5.74) is 6.51. The van der Waals surface area contributed by atoms with E-state index in [1.165, 1.54) is 18.1 Å². The smallest absolute Gasteiger partial charge is 0.241 e. The molecule has 0 fully saturated rings. The van der Waals surface area contributed by atoms with Gasteiger partial charge in [-0.15, -0.1) is 0 Å². The van der Waals surface area contributed by atoms with Crippen molar-refractivity contribution in [1.82, 2.24) is 9.97 Å². The minimum absolute atomic E-state index is 0.437. The fraction of sp³-hybridized carbons (Fsp3) is 0.286. The molecule has 0 aliphatic rings. The summed E-state index contributed by atoms with van der Waals surface area (Å²) in [6, 6.07) is 7.72. The van der Waals surface area contributed by atoms with E-state index in [0.717, 1.165) is 17.1 Å². The number of nitrogen functional groups attached to an aromatic ring is 1. The molecule has 0 bridgehead atoms. The lowest BCUT2D eigenvalue weighted by molar-refractivity contribution is 0.305. The monoisotopic (exact) mass is 291 g/mol. The molecule has 2 aromatic rings. The molecule has 20 heavy (non-hydrogen) atoms. The Morgan fingerprint density at radius 1 is 1.30 bits per heavy atom. The third-order valence-electron chi connectivity index (χ3n) is 2.51. The molecule has 5 nitrogen and oxygen atoms in total. The zero-order chi connectivity index (χ0) is 14.4. The Morgan fingerprint density at radius 2 is 2.15 bits per heavy atom. The van der Waals surface area contributed by atoms with E-state index in [1.807, 2.05) is 31.2 Å². The average Bonchev–Trinajstić information content (AvgIpc) is 2.48. The minimum atomic E-state index is 0.437. The summed E-state index contributed by atoms with van der Waals surface area (Å²) in [6.45, 7) is 2.62. The average molecular weight is 291 g/mol. The fourth-order valence-corrected chi connectivity index (χ4v) is 2.38. The van der Waals surface area contributed by atoms with Crippen molar-refractivity contribution in [3.8, 4) is 11.6 Å². The third kappa shape index (κ3) is 3.54. The van der Waals surface area contributed by atoms with E-state index >= 15 is 0 Å². The van der Waals surface area contributed by atoms with Crippen LogP contribution in [-0.4, -0.2) is 23.7 Å². The molecule has 0 aliphatic heterocycles. The van der Waals surface area contributed by atoms with E-state index in [0.29, 0.717) is 23.2 Å². The Morgan fingerprint density at radius 3 is 2.90 bits per heavy atom. The lowest BCUT2D eigenvalue weighted by Crippen LogP contribution is -2.03. The highest BCUT2D eigenvalue weighted by Gasteiger charge is 2.11. The molecule has 0 radical (unpaired) electrons. The van der Waals surface area contributed by atoms with Crippen LogP contribution < -0.4 is 15.2 Å². The number of nitrogens with zero attached hydrogens (tertiary/aromatic N) is 2. The van der Waals surface area contributed by atoms with Crippen LogP contribution in [0.25, 0.3) is 0 Å². The lowest BCUT2D eigenvalue weighted by Gasteiger charge is -2.09. The van der Waals surface area contributed by atoms with E-state index in [1.54, 1.807) is 7.11 Å². The number of methoxy groups -OCH3 is 1. The molecular formula is C14H17N3O2S. The Kier molecular flexibility index (Phi) is 5.06. The SMILES string of the molecule is CCCOc1ncnc(Sc2cccc(OC)c2)c1N. The maximum atomic E-state index is 6.04. The summed E-state index contributed by atoms with van der Waals surface area (Å²) in [5, 5.41) is 0.680. The zero-order valence-electron chi connectivity index (χ0n) is 11.5. The highest BCUT2D eigenvalue weighted by atomic mass is 32.2. The van der Waals surface area contributed by atoms with E-state index in [4.69, 9.17) is 15.2 Å². The standard InChI is InChI=1S/C14H17N3O2S/c1-3-7-19-13-12(15)14(17-9-16-13)20-11-6-4-5-10(8-11)18-2/h4-6,8-9H,3,7,15H2,1-2H3. The predicted octanol–water partition coefficient (Wildman–Crippen LogP) is 3.01. The van der Waals surface area contributed by atoms with Crippen molar-refractivity contribution in [2.75, 3.05) is 19.5 Å². The number of rotatable bonds is 6. The normalized spacial score (nSPS) is 10.3. The molecule has 0 saturated carbocycles. The molecule has 2 rings (SSSR count). The van der Waals surface area contributed by atoms with E-state index < -0.39 is 0 Å². The number of anilines is 1. The molecule has 106 valence electrons. The van der Waals surface area contributed by atoms with Crippen LogP contribution in [0.3, 0.4) is 0 Å². The van der Waals surface area contributed by atoms with Crippen LogP contribution in [0.1, 0.15) is 13.3 Å². The van der Waals surface area contributed by atoms with Gasteiger partial charge >= 0.3 is 0 Å². The van der Waals surface area contributed by atoms with Crippen molar-refractivity contribution in [3.05, 3.63) is 30.6 Å². The fourth-order valence-electron chi connectivity index (χ4n) is 1.54. The van der Waals surface area contributed by atoms with Crippen molar-refractivity contribution in [2.45, 2.75) is 23.3 Å². The van der Waals surface area contributed by atoms with Gasteiger partial charge in [0, 0.05) is 4.90 Å². The first-order valence-corrected chi connectivity index (χ1v) is 7.11. The van der Waals surface area contributed by atoms with E-state index in [9.17, 15) is 0 Å². The Labute approximate surface area is 122 Å². The minimum Gasteiger partial charge on any atom is -0.497 e. The van der Waals surface area contributed by atoms with Crippen molar-refractivity contribution in [1.29, 1.82) is 0 Å². The van der Waals surface area contributed by atoms with Gasteiger partial charge in [0.2, 0.25) is 5.88 Å². The topological polar surface area (TPSA) is 70.3 Å². The molecule has 1 heterocycles. The van der Waals surface area contributed by atoms with Crippen LogP contribution in [0.5, 0.6) is 11.6 Å². The maximum absolute atomic E-state index is 6.04. The van der Waals surface area contributed by atoms with Gasteiger partial charge in [-0.05, 0) is 24.6 Å². The number of hydrogen-bond acceptors (Lipinski definition) is 6. The third-order valence-corrected chi connectivity index (χ3v) is 3.52. The van der Waals surface area contributed by atoms with Crippen molar-refractivity contribution < 1.29 is 9.47 Å². The van der Waals surface area contributed by atoms with Crippen molar-refractivity contribution in [2.24, 2.45) is 0 Å². The largest absolute Gasteiger partial charge is 0.497 e. The number of hydrogen-bond donors (Lipinski definition) is 1. The second kappa shape index (κ2) is 7.00. The molecule has 2 N–H and O–H groups in total. The first-order valence-electron chi connectivity index (χ1n) is 6.29. The van der Waals surface area contributed by atoms with Gasteiger partial charge in [0.05, 0.1) is 13.7 Å². The summed E-state index contributed by atoms with van der Waals surface area (Å²) >= 11 is 1.46. The Balaban J connectivity index is 2.20. The molecule has 0 saturated heterocycles.